The van der Waals surface area contributed by atoms with Crippen LogP contribution >= 0.6 is 0 Å². The number of carbonyl (C=O) groups excluding carboxylic acids is 2. The molecule has 0 bridgehead atoms. The molecule has 1 aromatic heterocycles. The van der Waals surface area contributed by atoms with Crippen LogP contribution in [0.4, 0.5) is 4.79 Å². The maximum Gasteiger partial charge on any atom is 0.410 e. The molecule has 0 aromatic carbocycles. The SMILES string of the molecule is CC(C)(C)OC(=O)N1CCN(CC(=O)c2ccco2)[C@H](C(=O)O)C1. The summed E-state index contributed by atoms with van der Waals surface area (Å²) in [7, 11) is 0. The highest BCUT2D eigenvalue weighted by molar-refractivity contribution is 5.95. The molecule has 0 unspecified atom stereocenters. The van der Waals surface area contributed by atoms with Crippen LogP contribution in [0.5, 0.6) is 0 Å². The van der Waals surface area contributed by atoms with E-state index in [0.29, 0.717) is 6.54 Å². The van der Waals surface area contributed by atoms with Crippen molar-refractivity contribution in [3.8, 4) is 0 Å². The van der Waals surface area contributed by atoms with Gasteiger partial charge in [0.25, 0.3) is 0 Å². The molecule has 1 aliphatic rings. The van der Waals surface area contributed by atoms with Crippen molar-refractivity contribution >= 4 is 17.8 Å². The Morgan fingerprint density at radius 3 is 2.58 bits per heavy atom. The van der Waals surface area contributed by atoms with Crippen molar-refractivity contribution in [2.45, 2.75) is 32.4 Å². The molecule has 0 aliphatic carbocycles. The number of hydrogen-bond acceptors (Lipinski definition) is 6. The summed E-state index contributed by atoms with van der Waals surface area (Å²) in [4.78, 5) is 38.6. The summed E-state index contributed by atoms with van der Waals surface area (Å²) in [6, 6.07) is 2.17. The van der Waals surface area contributed by atoms with Crippen molar-refractivity contribution in [3.63, 3.8) is 0 Å². The van der Waals surface area contributed by atoms with Gasteiger partial charge in [0.05, 0.1) is 19.4 Å². The Labute approximate surface area is 140 Å². The smallest absolute Gasteiger partial charge is 0.410 e. The molecule has 1 atom stereocenters. The van der Waals surface area contributed by atoms with Crippen molar-refractivity contribution in [3.05, 3.63) is 24.2 Å². The highest BCUT2D eigenvalue weighted by Crippen LogP contribution is 2.16. The lowest BCUT2D eigenvalue weighted by Crippen LogP contribution is -2.59. The zero-order valence-electron chi connectivity index (χ0n) is 14.0. The molecule has 1 aliphatic heterocycles. The number of furan rings is 1. The van der Waals surface area contributed by atoms with E-state index in [1.807, 2.05) is 0 Å². The van der Waals surface area contributed by atoms with Gasteiger partial charge in [0.2, 0.25) is 5.78 Å². The van der Waals surface area contributed by atoms with Crippen molar-refractivity contribution < 1.29 is 28.6 Å². The average molecular weight is 338 g/mol. The summed E-state index contributed by atoms with van der Waals surface area (Å²) >= 11 is 0. The average Bonchev–Trinajstić information content (AvgIpc) is 2.99. The summed E-state index contributed by atoms with van der Waals surface area (Å²) in [5, 5.41) is 9.43. The first-order chi connectivity index (χ1) is 11.2. The topological polar surface area (TPSA) is 100 Å². The molecule has 1 aromatic rings. The lowest BCUT2D eigenvalue weighted by atomic mass is 10.1. The van der Waals surface area contributed by atoms with E-state index in [9.17, 15) is 19.5 Å². The van der Waals surface area contributed by atoms with E-state index in [2.05, 4.69) is 0 Å². The van der Waals surface area contributed by atoms with Crippen LogP contribution in [0.15, 0.2) is 22.8 Å². The fourth-order valence-electron chi connectivity index (χ4n) is 2.44. The molecule has 132 valence electrons. The first-order valence-electron chi connectivity index (χ1n) is 7.69. The molecule has 8 nitrogen and oxygen atoms in total. The monoisotopic (exact) mass is 338 g/mol. The summed E-state index contributed by atoms with van der Waals surface area (Å²) in [6.07, 6.45) is 0.841. The predicted molar refractivity (Wildman–Crippen MR) is 83.8 cm³/mol. The van der Waals surface area contributed by atoms with Gasteiger partial charge < -0.3 is 19.2 Å². The number of carboxylic acid groups (broad SMARTS) is 1. The molecule has 8 heteroatoms. The molecule has 0 spiro atoms. The van der Waals surface area contributed by atoms with Gasteiger partial charge in [-0.1, -0.05) is 0 Å². The van der Waals surface area contributed by atoms with Crippen LogP contribution in [0, 0.1) is 0 Å². The van der Waals surface area contributed by atoms with Crippen LogP contribution in [0.1, 0.15) is 31.3 Å². The number of carboxylic acids is 1. The molecule has 24 heavy (non-hydrogen) atoms. The number of ketones is 1. The highest BCUT2D eigenvalue weighted by atomic mass is 16.6. The molecule has 1 fully saturated rings. The zero-order valence-corrected chi connectivity index (χ0v) is 14.0. The van der Waals surface area contributed by atoms with Gasteiger partial charge in [0, 0.05) is 13.1 Å². The minimum absolute atomic E-state index is 0.0321. The molecule has 2 rings (SSSR count). The third-order valence-electron chi connectivity index (χ3n) is 3.57. The molecule has 1 amide bonds. The van der Waals surface area contributed by atoms with Crippen molar-refractivity contribution in [1.82, 2.24) is 9.80 Å². The summed E-state index contributed by atoms with van der Waals surface area (Å²) in [5.41, 5.74) is -0.651. The van der Waals surface area contributed by atoms with Crippen LogP contribution < -0.4 is 0 Å². The minimum atomic E-state index is -1.09. The fourth-order valence-corrected chi connectivity index (χ4v) is 2.44. The van der Waals surface area contributed by atoms with Gasteiger partial charge >= 0.3 is 12.1 Å². The number of aliphatic carboxylic acids is 1. The fraction of sp³-hybridized carbons (Fsp3) is 0.562. The van der Waals surface area contributed by atoms with Crippen molar-refractivity contribution in [1.29, 1.82) is 0 Å². The Hall–Kier alpha value is -2.35. The van der Waals surface area contributed by atoms with E-state index in [4.69, 9.17) is 9.15 Å². The Balaban J connectivity index is 2.02. The number of ether oxygens (including phenoxy) is 1. The Kier molecular flexibility index (Phi) is 5.28. The molecule has 0 radical (unpaired) electrons. The zero-order chi connectivity index (χ0) is 17.9. The summed E-state index contributed by atoms with van der Waals surface area (Å²) < 4.78 is 10.3. The summed E-state index contributed by atoms with van der Waals surface area (Å²) in [5.74, 6) is -1.19. The maximum absolute atomic E-state index is 12.1. The van der Waals surface area contributed by atoms with E-state index in [1.165, 1.54) is 22.1 Å². The second-order valence-electron chi connectivity index (χ2n) is 6.65. The van der Waals surface area contributed by atoms with Gasteiger partial charge in [0.15, 0.2) is 5.76 Å². The second-order valence-corrected chi connectivity index (χ2v) is 6.65. The van der Waals surface area contributed by atoms with Gasteiger partial charge in [-0.15, -0.1) is 0 Å². The Bertz CT molecular complexity index is 605. The van der Waals surface area contributed by atoms with Crippen LogP contribution in [0.2, 0.25) is 0 Å². The quantitative estimate of drug-likeness (QED) is 0.830. The molecular weight excluding hydrogens is 316 g/mol. The van der Waals surface area contributed by atoms with Gasteiger partial charge in [0.1, 0.15) is 11.6 Å². The predicted octanol–water partition coefficient (Wildman–Crippen LogP) is 1.47. The van der Waals surface area contributed by atoms with E-state index in [0.717, 1.165) is 0 Å². The van der Waals surface area contributed by atoms with Crippen molar-refractivity contribution in [2.24, 2.45) is 0 Å². The van der Waals surface area contributed by atoms with Crippen LogP contribution in [0.25, 0.3) is 0 Å². The van der Waals surface area contributed by atoms with E-state index in [-0.39, 0.29) is 31.2 Å². The third-order valence-corrected chi connectivity index (χ3v) is 3.57. The maximum atomic E-state index is 12.1. The molecule has 1 N–H and O–H groups in total. The number of carbonyl (C=O) groups is 3. The Morgan fingerprint density at radius 1 is 1.33 bits per heavy atom. The van der Waals surface area contributed by atoms with Gasteiger partial charge in [-0.25, -0.2) is 4.79 Å². The van der Waals surface area contributed by atoms with Gasteiger partial charge in [-0.3, -0.25) is 14.5 Å². The standard InChI is InChI=1S/C16H22N2O6/c1-16(2,3)24-15(22)18-7-6-17(11(9-18)14(20)21)10-12(19)13-5-4-8-23-13/h4-5,8,11H,6-7,9-10H2,1-3H3,(H,20,21)/t11-/m0/s1. The van der Waals surface area contributed by atoms with Gasteiger partial charge in [-0.05, 0) is 32.9 Å². The van der Waals surface area contributed by atoms with Crippen LogP contribution in [0.3, 0.4) is 0 Å². The lowest BCUT2D eigenvalue weighted by Gasteiger charge is -2.39. The number of hydrogen-bond donors (Lipinski definition) is 1. The van der Waals surface area contributed by atoms with Crippen molar-refractivity contribution in [2.75, 3.05) is 26.2 Å². The molecule has 1 saturated heterocycles. The lowest BCUT2D eigenvalue weighted by molar-refractivity contribution is -0.145. The van der Waals surface area contributed by atoms with E-state index < -0.39 is 23.7 Å². The van der Waals surface area contributed by atoms with Gasteiger partial charge in [-0.2, -0.15) is 0 Å². The minimum Gasteiger partial charge on any atom is -0.480 e. The van der Waals surface area contributed by atoms with E-state index in [1.54, 1.807) is 26.8 Å². The largest absolute Gasteiger partial charge is 0.480 e. The Morgan fingerprint density at radius 2 is 2.04 bits per heavy atom. The van der Waals surface area contributed by atoms with Crippen LogP contribution in [-0.4, -0.2) is 70.6 Å². The van der Waals surface area contributed by atoms with E-state index >= 15 is 0 Å². The number of amides is 1. The number of Topliss-reactive ketones (excluding diaryl/α,β-unsaturated/α-hetero) is 1. The van der Waals surface area contributed by atoms with Crippen LogP contribution in [-0.2, 0) is 9.53 Å². The number of piperazine rings is 1. The molecule has 0 saturated carbocycles. The number of nitrogens with zero attached hydrogens (tertiary/aromatic N) is 2. The summed E-state index contributed by atoms with van der Waals surface area (Å²) in [6.45, 7) is 5.70. The first kappa shape index (κ1) is 18.0. The molecule has 2 heterocycles. The molecular formula is C16H22N2O6. The first-order valence-corrected chi connectivity index (χ1v) is 7.69. The third kappa shape index (κ3) is 4.58. The highest BCUT2D eigenvalue weighted by Gasteiger charge is 2.37. The normalized spacial score (nSPS) is 19.1. The number of rotatable bonds is 4. The second kappa shape index (κ2) is 7.04.